The molecule has 0 radical (unpaired) electrons. The molecule has 1 saturated carbocycles. The lowest BCUT2D eigenvalue weighted by molar-refractivity contribution is -0.126. The number of carbonyl (C=O) groups is 2. The molecule has 2 amide bonds. The smallest absolute Gasteiger partial charge is 0.224 e. The Bertz CT molecular complexity index is 645. The van der Waals surface area contributed by atoms with Crippen molar-refractivity contribution in [3.63, 3.8) is 0 Å². The van der Waals surface area contributed by atoms with Gasteiger partial charge in [0.15, 0.2) is 0 Å². The molecule has 144 valence electrons. The molecule has 0 heterocycles. The first kappa shape index (κ1) is 20.4. The minimum absolute atomic E-state index is 0.0776. The molecule has 0 aliphatic heterocycles. The van der Waals surface area contributed by atoms with Crippen LogP contribution in [0.25, 0.3) is 0 Å². The highest BCUT2D eigenvalue weighted by Crippen LogP contribution is 2.38. The van der Waals surface area contributed by atoms with Crippen molar-refractivity contribution in [3.05, 3.63) is 17.2 Å². The highest BCUT2D eigenvalue weighted by molar-refractivity contribution is 6.32. The average Bonchev–Trinajstić information content (AvgIpc) is 2.65. The number of methoxy groups -OCH3 is 2. The monoisotopic (exact) mass is 382 g/mol. The zero-order valence-corrected chi connectivity index (χ0v) is 16.4. The van der Waals surface area contributed by atoms with E-state index in [0.717, 1.165) is 25.7 Å². The van der Waals surface area contributed by atoms with Crippen molar-refractivity contribution >= 4 is 29.1 Å². The third-order valence-electron chi connectivity index (χ3n) is 4.73. The minimum atomic E-state index is -0.153. The lowest BCUT2D eigenvalue weighted by atomic mass is 9.89. The second-order valence-corrected chi connectivity index (χ2v) is 6.86. The number of halogens is 1. The quantitative estimate of drug-likeness (QED) is 0.784. The summed E-state index contributed by atoms with van der Waals surface area (Å²) in [5, 5.41) is 3.36. The molecule has 2 rings (SSSR count). The lowest BCUT2D eigenvalue weighted by Crippen LogP contribution is -2.40. The summed E-state index contributed by atoms with van der Waals surface area (Å²) in [5.41, 5.74) is 0.563. The fourth-order valence-electron chi connectivity index (χ4n) is 3.30. The topological polar surface area (TPSA) is 67.9 Å². The fraction of sp³-hybridized carbons (Fsp3) is 0.579. The molecular weight excluding hydrogens is 356 g/mol. The lowest BCUT2D eigenvalue weighted by Gasteiger charge is -2.25. The standard InChI is InChI=1S/C19H27ClN2O4/c1-13(23)22(10-9-21-19(24)14-7-5-4-6-8-14)16-12-17(25-2)15(20)11-18(16)26-3/h11-12,14H,4-10H2,1-3H3,(H,21,24). The van der Waals surface area contributed by atoms with Crippen molar-refractivity contribution in [2.75, 3.05) is 32.2 Å². The summed E-state index contributed by atoms with van der Waals surface area (Å²) in [6.45, 7) is 2.20. The maximum absolute atomic E-state index is 12.3. The van der Waals surface area contributed by atoms with E-state index in [1.807, 2.05) is 0 Å². The number of carbonyl (C=O) groups excluding carboxylic acids is 2. The molecule has 7 heteroatoms. The molecule has 0 spiro atoms. The van der Waals surface area contributed by atoms with Crippen LogP contribution in [0.2, 0.25) is 5.02 Å². The summed E-state index contributed by atoms with van der Waals surface area (Å²) in [4.78, 5) is 26.0. The van der Waals surface area contributed by atoms with Gasteiger partial charge in [-0.15, -0.1) is 0 Å². The van der Waals surface area contributed by atoms with Crippen molar-refractivity contribution < 1.29 is 19.1 Å². The van der Waals surface area contributed by atoms with Crippen LogP contribution in [0.3, 0.4) is 0 Å². The van der Waals surface area contributed by atoms with Gasteiger partial charge in [0, 0.05) is 38.1 Å². The van der Waals surface area contributed by atoms with Gasteiger partial charge in [0.05, 0.1) is 24.9 Å². The predicted octanol–water partition coefficient (Wildman–Crippen LogP) is 3.41. The van der Waals surface area contributed by atoms with Gasteiger partial charge in [-0.05, 0) is 12.8 Å². The first-order chi connectivity index (χ1) is 12.5. The second-order valence-electron chi connectivity index (χ2n) is 6.46. The van der Waals surface area contributed by atoms with E-state index >= 15 is 0 Å². The Morgan fingerprint density at radius 3 is 2.38 bits per heavy atom. The summed E-state index contributed by atoms with van der Waals surface area (Å²) in [6, 6.07) is 3.29. The molecule has 1 aromatic carbocycles. The first-order valence-corrected chi connectivity index (χ1v) is 9.33. The second kappa shape index (κ2) is 9.67. The summed E-state index contributed by atoms with van der Waals surface area (Å²) in [5.74, 6) is 0.956. The van der Waals surface area contributed by atoms with Gasteiger partial charge >= 0.3 is 0 Å². The van der Waals surface area contributed by atoms with Crippen LogP contribution in [0.1, 0.15) is 39.0 Å². The van der Waals surface area contributed by atoms with Gasteiger partial charge in [0.2, 0.25) is 11.8 Å². The van der Waals surface area contributed by atoms with Gasteiger partial charge in [-0.2, -0.15) is 0 Å². The van der Waals surface area contributed by atoms with Crippen LogP contribution in [0, 0.1) is 5.92 Å². The van der Waals surface area contributed by atoms with Crippen LogP contribution in [0.5, 0.6) is 11.5 Å². The molecule has 1 aliphatic rings. The van der Waals surface area contributed by atoms with Crippen LogP contribution in [0.15, 0.2) is 12.1 Å². The molecule has 0 bridgehead atoms. The largest absolute Gasteiger partial charge is 0.495 e. The summed E-state index contributed by atoms with van der Waals surface area (Å²) >= 11 is 6.13. The Labute approximate surface area is 159 Å². The Morgan fingerprint density at radius 2 is 1.81 bits per heavy atom. The van der Waals surface area contributed by atoms with Crippen LogP contribution < -0.4 is 19.7 Å². The maximum atomic E-state index is 12.3. The van der Waals surface area contributed by atoms with Crippen molar-refractivity contribution in [2.45, 2.75) is 39.0 Å². The summed E-state index contributed by atoms with van der Waals surface area (Å²) < 4.78 is 10.6. The number of amides is 2. The molecule has 1 aliphatic carbocycles. The molecular formula is C19H27ClN2O4. The third kappa shape index (κ3) is 5.04. The Morgan fingerprint density at radius 1 is 1.15 bits per heavy atom. The third-order valence-corrected chi connectivity index (χ3v) is 5.03. The minimum Gasteiger partial charge on any atom is -0.495 e. The number of benzene rings is 1. The van der Waals surface area contributed by atoms with Gasteiger partial charge < -0.3 is 19.7 Å². The molecule has 1 aromatic rings. The molecule has 1 N–H and O–H groups in total. The van der Waals surface area contributed by atoms with E-state index in [1.165, 1.54) is 27.6 Å². The molecule has 0 aromatic heterocycles. The van der Waals surface area contributed by atoms with E-state index < -0.39 is 0 Å². The average molecular weight is 383 g/mol. The van der Waals surface area contributed by atoms with Crippen molar-refractivity contribution in [1.29, 1.82) is 0 Å². The Hall–Kier alpha value is -1.95. The number of rotatable bonds is 7. The van der Waals surface area contributed by atoms with E-state index in [-0.39, 0.29) is 17.7 Å². The Balaban J connectivity index is 2.07. The van der Waals surface area contributed by atoms with Gasteiger partial charge in [0.25, 0.3) is 0 Å². The molecule has 0 atom stereocenters. The molecule has 6 nitrogen and oxygen atoms in total. The number of nitrogens with one attached hydrogen (secondary N) is 1. The van der Waals surface area contributed by atoms with Crippen molar-refractivity contribution in [1.82, 2.24) is 5.32 Å². The van der Waals surface area contributed by atoms with Crippen LogP contribution in [-0.2, 0) is 9.59 Å². The van der Waals surface area contributed by atoms with E-state index in [2.05, 4.69) is 5.32 Å². The normalized spacial score (nSPS) is 14.6. The Kier molecular flexibility index (Phi) is 7.57. The van der Waals surface area contributed by atoms with E-state index in [0.29, 0.717) is 35.3 Å². The van der Waals surface area contributed by atoms with E-state index in [4.69, 9.17) is 21.1 Å². The van der Waals surface area contributed by atoms with Crippen LogP contribution in [-0.4, -0.2) is 39.1 Å². The maximum Gasteiger partial charge on any atom is 0.224 e. The van der Waals surface area contributed by atoms with E-state index in [9.17, 15) is 9.59 Å². The molecule has 0 unspecified atom stereocenters. The number of anilines is 1. The van der Waals surface area contributed by atoms with Crippen LogP contribution in [0.4, 0.5) is 5.69 Å². The molecule has 26 heavy (non-hydrogen) atoms. The summed E-state index contributed by atoms with van der Waals surface area (Å²) in [7, 11) is 3.03. The fourth-order valence-corrected chi connectivity index (χ4v) is 3.53. The van der Waals surface area contributed by atoms with Crippen molar-refractivity contribution in [2.24, 2.45) is 5.92 Å². The zero-order chi connectivity index (χ0) is 19.1. The summed E-state index contributed by atoms with van der Waals surface area (Å²) in [6.07, 6.45) is 5.33. The number of ether oxygens (including phenoxy) is 2. The molecule has 0 saturated heterocycles. The highest BCUT2D eigenvalue weighted by atomic mass is 35.5. The zero-order valence-electron chi connectivity index (χ0n) is 15.6. The highest BCUT2D eigenvalue weighted by Gasteiger charge is 2.22. The van der Waals surface area contributed by atoms with Gasteiger partial charge in [-0.1, -0.05) is 30.9 Å². The van der Waals surface area contributed by atoms with Gasteiger partial charge in [0.1, 0.15) is 11.5 Å². The van der Waals surface area contributed by atoms with Crippen LogP contribution >= 0.6 is 11.6 Å². The first-order valence-electron chi connectivity index (χ1n) is 8.95. The SMILES string of the molecule is COc1cc(N(CCNC(=O)C2CCCCC2)C(C)=O)c(OC)cc1Cl. The van der Waals surface area contributed by atoms with Gasteiger partial charge in [-0.25, -0.2) is 0 Å². The molecule has 1 fully saturated rings. The number of hydrogen-bond acceptors (Lipinski definition) is 4. The number of hydrogen-bond donors (Lipinski definition) is 1. The van der Waals surface area contributed by atoms with E-state index in [1.54, 1.807) is 17.0 Å². The predicted molar refractivity (Wildman–Crippen MR) is 102 cm³/mol. The van der Waals surface area contributed by atoms with Crippen molar-refractivity contribution in [3.8, 4) is 11.5 Å². The van der Waals surface area contributed by atoms with Gasteiger partial charge in [-0.3, -0.25) is 9.59 Å². The number of nitrogens with zero attached hydrogens (tertiary/aromatic N) is 1.